The molecule has 1 aliphatic rings. The van der Waals surface area contributed by atoms with Crippen LogP contribution in [-0.4, -0.2) is 27.7 Å². The summed E-state index contributed by atoms with van der Waals surface area (Å²) in [6.07, 6.45) is 1.96. The molecule has 2 aromatic heterocycles. The van der Waals surface area contributed by atoms with E-state index >= 15 is 0 Å². The average molecular weight is 459 g/mol. The van der Waals surface area contributed by atoms with E-state index in [4.69, 9.17) is 9.47 Å². The molecule has 1 saturated heterocycles. The predicted octanol–water partition coefficient (Wildman–Crippen LogP) is 5.28. The molecule has 164 valence electrons. The van der Waals surface area contributed by atoms with Crippen LogP contribution >= 0.6 is 22.7 Å². The van der Waals surface area contributed by atoms with Crippen LogP contribution in [-0.2, 0) is 16.8 Å². The molecule has 4 rings (SSSR count). The number of carbonyl (C=O) groups is 1. The minimum Gasteiger partial charge on any atom is -0.486 e. The van der Waals surface area contributed by atoms with Crippen molar-refractivity contribution in [3.63, 3.8) is 0 Å². The van der Waals surface area contributed by atoms with E-state index in [-0.39, 0.29) is 17.4 Å². The fourth-order valence-electron chi connectivity index (χ4n) is 3.26. The zero-order valence-corrected chi connectivity index (χ0v) is 19.7. The highest BCUT2D eigenvalue weighted by molar-refractivity contribution is 7.16. The van der Waals surface area contributed by atoms with Gasteiger partial charge in [0.25, 0.3) is 5.91 Å². The molecule has 0 radical (unpaired) electrons. The summed E-state index contributed by atoms with van der Waals surface area (Å²) in [6, 6.07) is 8.09. The van der Waals surface area contributed by atoms with Gasteiger partial charge in [-0.3, -0.25) is 10.1 Å². The molecule has 7 nitrogen and oxygen atoms in total. The molecule has 9 heteroatoms. The minimum atomic E-state index is -0.231. The Balaban J connectivity index is 1.36. The highest BCUT2D eigenvalue weighted by Crippen LogP contribution is 2.32. The fourth-order valence-corrected chi connectivity index (χ4v) is 4.96. The Labute approximate surface area is 189 Å². The summed E-state index contributed by atoms with van der Waals surface area (Å²) in [7, 11) is 0. The number of amides is 1. The van der Waals surface area contributed by atoms with Crippen molar-refractivity contribution in [2.75, 3.05) is 11.9 Å². The Hall–Kier alpha value is -2.36. The number of thiazole rings is 1. The molecule has 1 aromatic carbocycles. The third-order valence-corrected chi connectivity index (χ3v) is 7.06. The Morgan fingerprint density at radius 2 is 2.00 bits per heavy atom. The van der Waals surface area contributed by atoms with Crippen molar-refractivity contribution in [3.05, 3.63) is 50.4 Å². The predicted molar refractivity (Wildman–Crippen MR) is 122 cm³/mol. The molecule has 1 atom stereocenters. The van der Waals surface area contributed by atoms with Gasteiger partial charge in [-0.1, -0.05) is 44.2 Å². The topological polar surface area (TPSA) is 86.2 Å². The Morgan fingerprint density at radius 1 is 1.23 bits per heavy atom. The van der Waals surface area contributed by atoms with Crippen molar-refractivity contribution in [2.45, 2.75) is 58.7 Å². The molecule has 1 fully saturated rings. The maximum absolute atomic E-state index is 12.7. The smallest absolute Gasteiger partial charge is 0.269 e. The van der Waals surface area contributed by atoms with Gasteiger partial charge in [0, 0.05) is 6.61 Å². The maximum Gasteiger partial charge on any atom is 0.269 e. The van der Waals surface area contributed by atoms with E-state index in [0.717, 1.165) is 35.2 Å². The van der Waals surface area contributed by atoms with E-state index in [1.165, 1.54) is 28.2 Å². The fraction of sp³-hybridized carbons (Fsp3) is 0.455. The van der Waals surface area contributed by atoms with Crippen molar-refractivity contribution in [2.24, 2.45) is 0 Å². The van der Waals surface area contributed by atoms with Crippen molar-refractivity contribution < 1.29 is 14.3 Å². The number of rotatable bonds is 6. The Morgan fingerprint density at radius 3 is 2.68 bits per heavy atom. The summed E-state index contributed by atoms with van der Waals surface area (Å²) in [4.78, 5) is 17.8. The lowest BCUT2D eigenvalue weighted by molar-refractivity contribution is 0.102. The minimum absolute atomic E-state index is 0.00509. The molecule has 0 bridgehead atoms. The first-order valence-electron chi connectivity index (χ1n) is 10.3. The highest BCUT2D eigenvalue weighted by Gasteiger charge is 2.23. The number of hydrogen-bond acceptors (Lipinski definition) is 8. The van der Waals surface area contributed by atoms with Crippen LogP contribution < -0.4 is 10.1 Å². The largest absolute Gasteiger partial charge is 0.486 e. The number of anilines is 1. The molecule has 1 amide bonds. The van der Waals surface area contributed by atoms with Gasteiger partial charge in [0.15, 0.2) is 0 Å². The Bertz CT molecular complexity index is 1050. The zero-order chi connectivity index (χ0) is 22.0. The SMILES string of the molecule is Cc1nc(COc2ccc(C(C)(C)C)cc2)sc1C(=O)Nc1nnc(C2CCCO2)s1. The van der Waals surface area contributed by atoms with Gasteiger partial charge in [-0.25, -0.2) is 4.98 Å². The highest BCUT2D eigenvalue weighted by atomic mass is 32.1. The van der Waals surface area contributed by atoms with Crippen molar-refractivity contribution >= 4 is 33.7 Å². The molecule has 0 spiro atoms. The van der Waals surface area contributed by atoms with Gasteiger partial charge in [-0.15, -0.1) is 21.5 Å². The third kappa shape index (κ3) is 5.28. The number of aryl methyl sites for hydroxylation is 1. The van der Waals surface area contributed by atoms with Gasteiger partial charge in [0.1, 0.15) is 33.4 Å². The van der Waals surface area contributed by atoms with E-state index in [1.807, 2.05) is 19.1 Å². The molecule has 1 N–H and O–H groups in total. The lowest BCUT2D eigenvalue weighted by Crippen LogP contribution is -2.11. The van der Waals surface area contributed by atoms with Gasteiger partial charge in [-0.05, 0) is 42.9 Å². The summed E-state index contributed by atoms with van der Waals surface area (Å²) in [5, 5.41) is 13.1. The van der Waals surface area contributed by atoms with Gasteiger partial charge in [0.2, 0.25) is 5.13 Å². The molecule has 3 aromatic rings. The summed E-state index contributed by atoms with van der Waals surface area (Å²) in [5.41, 5.74) is 2.03. The van der Waals surface area contributed by atoms with Crippen molar-refractivity contribution in [1.82, 2.24) is 15.2 Å². The van der Waals surface area contributed by atoms with E-state index in [9.17, 15) is 4.79 Å². The lowest BCUT2D eigenvalue weighted by atomic mass is 9.87. The maximum atomic E-state index is 12.7. The number of nitrogens with one attached hydrogen (secondary N) is 1. The molecular weight excluding hydrogens is 432 g/mol. The van der Waals surface area contributed by atoms with E-state index < -0.39 is 0 Å². The van der Waals surface area contributed by atoms with Crippen LogP contribution in [0.3, 0.4) is 0 Å². The number of benzene rings is 1. The Kier molecular flexibility index (Phi) is 6.36. The summed E-state index contributed by atoms with van der Waals surface area (Å²) in [5.74, 6) is 0.549. The summed E-state index contributed by atoms with van der Waals surface area (Å²) < 4.78 is 11.5. The van der Waals surface area contributed by atoms with E-state index in [1.54, 1.807) is 0 Å². The van der Waals surface area contributed by atoms with Crippen LogP contribution in [0.1, 0.15) is 70.7 Å². The molecule has 0 aliphatic carbocycles. The first-order valence-corrected chi connectivity index (χ1v) is 11.9. The van der Waals surface area contributed by atoms with Crippen LogP contribution in [0.4, 0.5) is 5.13 Å². The first kappa shape index (κ1) is 21.9. The van der Waals surface area contributed by atoms with Crippen LogP contribution in [0.5, 0.6) is 5.75 Å². The molecule has 1 unspecified atom stereocenters. The van der Waals surface area contributed by atoms with Crippen molar-refractivity contribution in [1.29, 1.82) is 0 Å². The monoisotopic (exact) mass is 458 g/mol. The van der Waals surface area contributed by atoms with Crippen molar-refractivity contribution in [3.8, 4) is 5.75 Å². The van der Waals surface area contributed by atoms with Gasteiger partial charge in [-0.2, -0.15) is 0 Å². The second-order valence-electron chi connectivity index (χ2n) is 8.49. The summed E-state index contributed by atoms with van der Waals surface area (Å²) in [6.45, 7) is 9.43. The standard InChI is InChI=1S/C22H26N4O3S2/c1-13-18(19(27)24-21-26-25-20(31-21)16-6-5-11-28-16)30-17(23-13)12-29-15-9-7-14(8-10-15)22(2,3)4/h7-10,16H,5-6,11-12H2,1-4H3,(H,24,26,27). The number of carbonyl (C=O) groups excluding carboxylic acids is 1. The normalized spacial score (nSPS) is 16.5. The summed E-state index contributed by atoms with van der Waals surface area (Å²) >= 11 is 2.69. The second kappa shape index (κ2) is 9.02. The van der Waals surface area contributed by atoms with Gasteiger partial charge >= 0.3 is 0 Å². The lowest BCUT2D eigenvalue weighted by Gasteiger charge is -2.19. The number of nitrogens with zero attached hydrogens (tertiary/aromatic N) is 3. The molecular formula is C22H26N4O3S2. The van der Waals surface area contributed by atoms with Crippen LogP contribution in [0, 0.1) is 6.92 Å². The van der Waals surface area contributed by atoms with E-state index in [0.29, 0.717) is 22.3 Å². The third-order valence-electron chi connectivity index (χ3n) is 5.00. The number of hydrogen-bond donors (Lipinski definition) is 1. The average Bonchev–Trinajstić information content (AvgIpc) is 3.47. The van der Waals surface area contributed by atoms with E-state index in [2.05, 4.69) is 53.4 Å². The zero-order valence-electron chi connectivity index (χ0n) is 18.1. The quantitative estimate of drug-likeness (QED) is 0.541. The van der Waals surface area contributed by atoms with Gasteiger partial charge < -0.3 is 9.47 Å². The van der Waals surface area contributed by atoms with Gasteiger partial charge in [0.05, 0.1) is 5.69 Å². The number of ether oxygens (including phenoxy) is 2. The van der Waals surface area contributed by atoms with Crippen LogP contribution in [0.2, 0.25) is 0 Å². The molecule has 31 heavy (non-hydrogen) atoms. The first-order chi connectivity index (χ1) is 14.8. The molecule has 0 saturated carbocycles. The van der Waals surface area contributed by atoms with Crippen LogP contribution in [0.15, 0.2) is 24.3 Å². The molecule has 3 heterocycles. The number of aromatic nitrogens is 3. The second-order valence-corrected chi connectivity index (χ2v) is 10.6. The molecule has 1 aliphatic heterocycles. The van der Waals surface area contributed by atoms with Crippen LogP contribution in [0.25, 0.3) is 0 Å².